The number of rotatable bonds is 2. The lowest BCUT2D eigenvalue weighted by molar-refractivity contribution is -0.313. The second kappa shape index (κ2) is 5.84. The molecule has 4 nitrogen and oxygen atoms in total. The number of allylic oxidation sites excluding steroid dienone is 2. The van der Waals surface area contributed by atoms with Gasteiger partial charge < -0.3 is 14.8 Å². The van der Waals surface area contributed by atoms with E-state index in [2.05, 4.69) is 0 Å². The molecule has 0 N–H and O–H groups in total. The van der Waals surface area contributed by atoms with E-state index >= 15 is 0 Å². The first-order valence-electron chi connectivity index (χ1n) is 8.17. The molecule has 0 aromatic heterocycles. The Bertz CT molecular complexity index is 692. The van der Waals surface area contributed by atoms with Gasteiger partial charge in [0.2, 0.25) is 5.91 Å². The zero-order valence-corrected chi connectivity index (χ0v) is 13.8. The summed E-state index contributed by atoms with van der Waals surface area (Å²) in [6.45, 7) is 5.95. The highest BCUT2D eigenvalue weighted by Gasteiger charge is 2.40. The molecule has 1 aromatic carbocycles. The number of hydrogen-bond acceptors (Lipinski definition) is 3. The van der Waals surface area contributed by atoms with Crippen molar-refractivity contribution in [2.45, 2.75) is 46.1 Å². The van der Waals surface area contributed by atoms with Crippen LogP contribution < -0.4 is 10.0 Å². The topological polar surface area (TPSA) is 60.4 Å². The van der Waals surface area contributed by atoms with Crippen LogP contribution in [0.5, 0.6) is 0 Å². The molecule has 3 atom stereocenters. The van der Waals surface area contributed by atoms with Gasteiger partial charge in [0.25, 0.3) is 0 Å². The second-order valence-electron chi connectivity index (χ2n) is 6.89. The van der Waals surface area contributed by atoms with Gasteiger partial charge in [0.15, 0.2) is 0 Å². The van der Waals surface area contributed by atoms with Gasteiger partial charge in [-0.3, -0.25) is 4.79 Å². The molecule has 122 valence electrons. The summed E-state index contributed by atoms with van der Waals surface area (Å²) in [6.07, 6.45) is 1.74. The minimum Gasteiger partial charge on any atom is -0.550 e. The van der Waals surface area contributed by atoms with Crippen LogP contribution in [0.15, 0.2) is 35.4 Å². The van der Waals surface area contributed by atoms with Gasteiger partial charge in [0, 0.05) is 23.6 Å². The third kappa shape index (κ3) is 2.67. The van der Waals surface area contributed by atoms with Crippen LogP contribution in [0.4, 0.5) is 5.69 Å². The van der Waals surface area contributed by atoms with Crippen molar-refractivity contribution in [1.82, 2.24) is 0 Å². The Labute approximate surface area is 136 Å². The molecule has 1 heterocycles. The van der Waals surface area contributed by atoms with E-state index in [1.807, 2.05) is 45.0 Å². The highest BCUT2D eigenvalue weighted by Crippen LogP contribution is 2.39. The minimum atomic E-state index is -1.12. The molecule has 1 aliphatic heterocycles. The summed E-state index contributed by atoms with van der Waals surface area (Å²) in [5, 5.41) is 11.6. The summed E-state index contributed by atoms with van der Waals surface area (Å²) >= 11 is 0. The summed E-state index contributed by atoms with van der Waals surface area (Å²) in [7, 11) is 0. The molecule has 0 bridgehead atoms. The molecule has 0 unspecified atom stereocenters. The Hall–Kier alpha value is -2.10. The average molecular weight is 312 g/mol. The zero-order chi connectivity index (χ0) is 16.7. The Morgan fingerprint density at radius 1 is 1.04 bits per heavy atom. The number of aliphatic carboxylic acids is 1. The molecular weight excluding hydrogens is 290 g/mol. The number of amides is 1. The average Bonchev–Trinajstić information content (AvgIpc) is 2.84. The molecule has 1 aliphatic carbocycles. The number of fused-ring (bicyclic) bond motifs is 1. The van der Waals surface area contributed by atoms with E-state index in [1.54, 1.807) is 4.90 Å². The molecular formula is C19H22NO3-. The fourth-order valence-corrected chi connectivity index (χ4v) is 3.88. The lowest BCUT2D eigenvalue weighted by Gasteiger charge is -2.36. The monoisotopic (exact) mass is 312 g/mol. The van der Waals surface area contributed by atoms with Crippen LogP contribution in [0.2, 0.25) is 0 Å². The first-order valence-corrected chi connectivity index (χ1v) is 8.17. The van der Waals surface area contributed by atoms with Crippen molar-refractivity contribution < 1.29 is 14.7 Å². The maximum atomic E-state index is 13.2. The van der Waals surface area contributed by atoms with Crippen molar-refractivity contribution >= 4 is 17.6 Å². The number of para-hydroxylation sites is 1. The molecule has 2 aliphatic rings. The van der Waals surface area contributed by atoms with Crippen LogP contribution >= 0.6 is 0 Å². The number of anilines is 1. The van der Waals surface area contributed by atoms with E-state index in [1.165, 1.54) is 0 Å². The fraction of sp³-hybridized carbons (Fsp3) is 0.474. The maximum absolute atomic E-state index is 13.2. The van der Waals surface area contributed by atoms with Crippen molar-refractivity contribution in [1.29, 1.82) is 0 Å². The predicted octanol–water partition coefficient (Wildman–Crippen LogP) is 2.08. The van der Waals surface area contributed by atoms with E-state index in [0.717, 1.165) is 28.8 Å². The third-order valence-electron chi connectivity index (χ3n) is 5.33. The molecule has 3 rings (SSSR count). The largest absolute Gasteiger partial charge is 0.550 e. The van der Waals surface area contributed by atoms with E-state index < -0.39 is 17.8 Å². The molecule has 0 saturated carbocycles. The van der Waals surface area contributed by atoms with Crippen molar-refractivity contribution in [3.8, 4) is 0 Å². The highest BCUT2D eigenvalue weighted by atomic mass is 16.4. The van der Waals surface area contributed by atoms with Crippen LogP contribution in [-0.2, 0) is 16.0 Å². The van der Waals surface area contributed by atoms with Crippen molar-refractivity contribution in [3.63, 3.8) is 0 Å². The van der Waals surface area contributed by atoms with Gasteiger partial charge >= 0.3 is 0 Å². The van der Waals surface area contributed by atoms with Crippen LogP contribution in [0.3, 0.4) is 0 Å². The van der Waals surface area contributed by atoms with Gasteiger partial charge in [0.05, 0.1) is 5.92 Å². The van der Waals surface area contributed by atoms with E-state index in [-0.39, 0.29) is 11.9 Å². The predicted molar refractivity (Wildman–Crippen MR) is 86.7 cm³/mol. The van der Waals surface area contributed by atoms with Crippen molar-refractivity contribution in [2.75, 3.05) is 4.90 Å². The summed E-state index contributed by atoms with van der Waals surface area (Å²) < 4.78 is 0. The summed E-state index contributed by atoms with van der Waals surface area (Å²) in [5.74, 6) is -2.46. The van der Waals surface area contributed by atoms with Gasteiger partial charge in [-0.05, 0) is 51.7 Å². The zero-order valence-electron chi connectivity index (χ0n) is 13.8. The molecule has 4 heteroatoms. The SMILES string of the molecule is CC1=C(C)C[C@@H](C(=O)N2c3ccccc3C[C@@H]2C)[C@@H](C(=O)[O-])C1. The van der Waals surface area contributed by atoms with Crippen molar-refractivity contribution in [2.24, 2.45) is 11.8 Å². The van der Waals surface area contributed by atoms with Crippen LogP contribution in [0, 0.1) is 11.8 Å². The van der Waals surface area contributed by atoms with E-state index in [4.69, 9.17) is 0 Å². The van der Waals surface area contributed by atoms with E-state index in [0.29, 0.717) is 12.8 Å². The van der Waals surface area contributed by atoms with E-state index in [9.17, 15) is 14.7 Å². The van der Waals surface area contributed by atoms with Gasteiger partial charge in [-0.15, -0.1) is 0 Å². The number of carboxylic acid groups (broad SMARTS) is 1. The normalized spacial score (nSPS) is 27.1. The smallest absolute Gasteiger partial charge is 0.231 e. The number of carboxylic acids is 1. The Morgan fingerprint density at radius 3 is 2.30 bits per heavy atom. The van der Waals surface area contributed by atoms with Crippen LogP contribution in [-0.4, -0.2) is 17.9 Å². The van der Waals surface area contributed by atoms with Crippen LogP contribution in [0.1, 0.15) is 39.2 Å². The summed E-state index contributed by atoms with van der Waals surface area (Å²) in [5.41, 5.74) is 4.27. The minimum absolute atomic E-state index is 0.0645. The molecule has 1 amide bonds. The molecule has 0 saturated heterocycles. The fourth-order valence-electron chi connectivity index (χ4n) is 3.88. The Balaban J connectivity index is 1.94. The number of carbonyl (C=O) groups excluding carboxylic acids is 2. The third-order valence-corrected chi connectivity index (χ3v) is 5.33. The lowest BCUT2D eigenvalue weighted by Crippen LogP contribution is -2.48. The first kappa shape index (κ1) is 15.8. The van der Waals surface area contributed by atoms with Crippen LogP contribution in [0.25, 0.3) is 0 Å². The number of carbonyl (C=O) groups is 2. The maximum Gasteiger partial charge on any atom is 0.231 e. The molecule has 0 spiro atoms. The molecule has 1 aromatic rings. The highest BCUT2D eigenvalue weighted by molar-refractivity contribution is 5.99. The molecule has 0 radical (unpaired) electrons. The summed E-state index contributed by atoms with van der Waals surface area (Å²) in [6, 6.07) is 7.94. The number of benzene rings is 1. The number of nitrogens with zero attached hydrogens (tertiary/aromatic N) is 1. The first-order chi connectivity index (χ1) is 10.9. The van der Waals surface area contributed by atoms with Gasteiger partial charge in [-0.1, -0.05) is 29.3 Å². The molecule has 23 heavy (non-hydrogen) atoms. The quantitative estimate of drug-likeness (QED) is 0.786. The molecule has 0 fully saturated rings. The summed E-state index contributed by atoms with van der Waals surface area (Å²) in [4.78, 5) is 26.5. The lowest BCUT2D eigenvalue weighted by atomic mass is 9.75. The standard InChI is InChI=1S/C19H23NO3/c1-11-8-15(16(19(22)23)9-12(11)2)18(21)20-13(3)10-14-6-4-5-7-17(14)20/h4-7,13,15-16H,8-10H2,1-3H3,(H,22,23)/p-1/t13-,15+,16-/m0/s1. The second-order valence-corrected chi connectivity index (χ2v) is 6.89. The Morgan fingerprint density at radius 2 is 1.65 bits per heavy atom. The van der Waals surface area contributed by atoms with Gasteiger partial charge in [0.1, 0.15) is 0 Å². The van der Waals surface area contributed by atoms with Gasteiger partial charge in [-0.25, -0.2) is 0 Å². The van der Waals surface area contributed by atoms with Gasteiger partial charge in [-0.2, -0.15) is 0 Å². The number of hydrogen-bond donors (Lipinski definition) is 0. The van der Waals surface area contributed by atoms with Crippen molar-refractivity contribution in [3.05, 3.63) is 41.0 Å². The Kier molecular flexibility index (Phi) is 4.00.